The van der Waals surface area contributed by atoms with E-state index in [1.807, 2.05) is 24.3 Å². The number of hydrazine groups is 1. The SMILES string of the molecule is Cc1ccccc1-c1cc(NN)ccn1. The van der Waals surface area contributed by atoms with Gasteiger partial charge in [-0.2, -0.15) is 0 Å². The van der Waals surface area contributed by atoms with Crippen molar-refractivity contribution < 1.29 is 0 Å². The van der Waals surface area contributed by atoms with Gasteiger partial charge in [0, 0.05) is 11.8 Å². The van der Waals surface area contributed by atoms with Crippen molar-refractivity contribution >= 4 is 5.69 Å². The molecule has 0 fully saturated rings. The molecule has 2 aromatic rings. The monoisotopic (exact) mass is 199 g/mol. The maximum atomic E-state index is 5.36. The molecule has 3 N–H and O–H groups in total. The Hall–Kier alpha value is -1.87. The summed E-state index contributed by atoms with van der Waals surface area (Å²) in [6, 6.07) is 11.9. The lowest BCUT2D eigenvalue weighted by Gasteiger charge is -2.06. The number of nitrogens with two attached hydrogens (primary N) is 1. The first-order valence-corrected chi connectivity index (χ1v) is 4.80. The molecule has 1 heterocycles. The molecule has 0 radical (unpaired) electrons. The Labute approximate surface area is 88.9 Å². The third-order valence-electron chi connectivity index (χ3n) is 2.35. The molecule has 3 heteroatoms. The summed E-state index contributed by atoms with van der Waals surface area (Å²) < 4.78 is 0. The molecule has 3 nitrogen and oxygen atoms in total. The van der Waals surface area contributed by atoms with Crippen LogP contribution in [-0.4, -0.2) is 4.98 Å². The van der Waals surface area contributed by atoms with Gasteiger partial charge in [0.05, 0.1) is 11.4 Å². The summed E-state index contributed by atoms with van der Waals surface area (Å²) >= 11 is 0. The molecule has 15 heavy (non-hydrogen) atoms. The van der Waals surface area contributed by atoms with Crippen molar-refractivity contribution in [1.82, 2.24) is 4.98 Å². The average molecular weight is 199 g/mol. The Morgan fingerprint density at radius 2 is 2.00 bits per heavy atom. The summed E-state index contributed by atoms with van der Waals surface area (Å²) in [6.45, 7) is 2.07. The van der Waals surface area contributed by atoms with Crippen LogP contribution in [0.15, 0.2) is 42.6 Å². The predicted molar refractivity (Wildman–Crippen MR) is 62.2 cm³/mol. The second-order valence-corrected chi connectivity index (χ2v) is 3.39. The molecule has 1 aromatic heterocycles. The fourth-order valence-corrected chi connectivity index (χ4v) is 1.53. The smallest absolute Gasteiger partial charge is 0.0725 e. The summed E-state index contributed by atoms with van der Waals surface area (Å²) in [6.07, 6.45) is 1.75. The molecule has 0 aliphatic heterocycles. The Bertz CT molecular complexity index is 466. The second-order valence-electron chi connectivity index (χ2n) is 3.39. The summed E-state index contributed by atoms with van der Waals surface area (Å²) in [5.41, 5.74) is 6.76. The Kier molecular flexibility index (Phi) is 2.65. The number of benzene rings is 1. The van der Waals surface area contributed by atoms with Gasteiger partial charge in [0.1, 0.15) is 0 Å². The highest BCUT2D eigenvalue weighted by Crippen LogP contribution is 2.22. The zero-order chi connectivity index (χ0) is 10.7. The number of aromatic nitrogens is 1. The van der Waals surface area contributed by atoms with Gasteiger partial charge in [-0.05, 0) is 24.6 Å². The lowest BCUT2D eigenvalue weighted by Crippen LogP contribution is -2.06. The molecule has 0 amide bonds. The first kappa shape index (κ1) is 9.68. The number of rotatable bonds is 2. The van der Waals surface area contributed by atoms with Crippen LogP contribution in [0.1, 0.15) is 5.56 Å². The van der Waals surface area contributed by atoms with Crippen molar-refractivity contribution in [1.29, 1.82) is 0 Å². The third-order valence-corrected chi connectivity index (χ3v) is 2.35. The van der Waals surface area contributed by atoms with E-state index in [-0.39, 0.29) is 0 Å². The first-order chi connectivity index (χ1) is 7.31. The van der Waals surface area contributed by atoms with Crippen LogP contribution >= 0.6 is 0 Å². The van der Waals surface area contributed by atoms with E-state index in [0.29, 0.717) is 0 Å². The van der Waals surface area contributed by atoms with Crippen molar-refractivity contribution in [2.24, 2.45) is 5.84 Å². The number of nitrogens with one attached hydrogen (secondary N) is 1. The van der Waals surface area contributed by atoms with Gasteiger partial charge in [-0.1, -0.05) is 24.3 Å². The van der Waals surface area contributed by atoms with Crippen LogP contribution in [0.4, 0.5) is 5.69 Å². The van der Waals surface area contributed by atoms with Crippen molar-refractivity contribution in [3.63, 3.8) is 0 Å². The first-order valence-electron chi connectivity index (χ1n) is 4.80. The van der Waals surface area contributed by atoms with E-state index in [2.05, 4.69) is 29.5 Å². The quantitative estimate of drug-likeness (QED) is 0.576. The maximum absolute atomic E-state index is 5.36. The van der Waals surface area contributed by atoms with Gasteiger partial charge in [-0.3, -0.25) is 10.8 Å². The topological polar surface area (TPSA) is 50.9 Å². The van der Waals surface area contributed by atoms with Crippen molar-refractivity contribution in [2.45, 2.75) is 6.92 Å². The Balaban J connectivity index is 2.49. The van der Waals surface area contributed by atoms with Crippen molar-refractivity contribution in [3.8, 4) is 11.3 Å². The molecule has 1 aromatic carbocycles. The molecule has 0 saturated heterocycles. The highest BCUT2D eigenvalue weighted by atomic mass is 15.2. The number of nitrogen functional groups attached to an aromatic ring is 1. The van der Waals surface area contributed by atoms with E-state index in [1.54, 1.807) is 6.20 Å². The molecule has 0 unspecified atom stereocenters. The van der Waals surface area contributed by atoms with E-state index < -0.39 is 0 Å². The molecule has 0 spiro atoms. The molecule has 0 atom stereocenters. The number of hydrogen-bond donors (Lipinski definition) is 2. The minimum Gasteiger partial charge on any atom is -0.324 e. The molecule has 2 rings (SSSR count). The van der Waals surface area contributed by atoms with Gasteiger partial charge < -0.3 is 5.43 Å². The number of pyridine rings is 1. The number of hydrogen-bond acceptors (Lipinski definition) is 3. The summed E-state index contributed by atoms with van der Waals surface area (Å²) in [7, 11) is 0. The maximum Gasteiger partial charge on any atom is 0.0725 e. The lowest BCUT2D eigenvalue weighted by atomic mass is 10.1. The molecule has 0 aliphatic carbocycles. The Morgan fingerprint density at radius 3 is 2.73 bits per heavy atom. The fourth-order valence-electron chi connectivity index (χ4n) is 1.53. The van der Waals surface area contributed by atoms with Crippen molar-refractivity contribution in [2.75, 3.05) is 5.43 Å². The molecular formula is C12H13N3. The van der Waals surface area contributed by atoms with Gasteiger partial charge in [-0.15, -0.1) is 0 Å². The molecule has 0 aliphatic rings. The van der Waals surface area contributed by atoms with Gasteiger partial charge in [0.15, 0.2) is 0 Å². The summed E-state index contributed by atoms with van der Waals surface area (Å²) in [5, 5.41) is 0. The Morgan fingerprint density at radius 1 is 1.20 bits per heavy atom. The molecule has 0 bridgehead atoms. The number of nitrogens with zero attached hydrogens (tertiary/aromatic N) is 1. The third kappa shape index (κ3) is 1.97. The number of anilines is 1. The van der Waals surface area contributed by atoms with Crippen LogP contribution in [0.5, 0.6) is 0 Å². The van der Waals surface area contributed by atoms with Crippen LogP contribution in [0.3, 0.4) is 0 Å². The van der Waals surface area contributed by atoms with Crippen LogP contribution in [0.2, 0.25) is 0 Å². The standard InChI is InChI=1S/C12H13N3/c1-9-4-2-3-5-11(9)12-8-10(15-13)6-7-14-12/h2-8H,13H2,1H3,(H,14,15). The van der Waals surface area contributed by atoms with Crippen molar-refractivity contribution in [3.05, 3.63) is 48.2 Å². The van der Waals surface area contributed by atoms with E-state index >= 15 is 0 Å². The second kappa shape index (κ2) is 4.11. The molecule has 0 saturated carbocycles. The largest absolute Gasteiger partial charge is 0.324 e. The van der Waals surface area contributed by atoms with Crippen LogP contribution in [0, 0.1) is 6.92 Å². The summed E-state index contributed by atoms with van der Waals surface area (Å²) in [4.78, 5) is 4.32. The van der Waals surface area contributed by atoms with Crippen LogP contribution in [-0.2, 0) is 0 Å². The highest BCUT2D eigenvalue weighted by molar-refractivity contribution is 5.66. The van der Waals surface area contributed by atoms with Gasteiger partial charge in [-0.25, -0.2) is 0 Å². The average Bonchev–Trinajstić information content (AvgIpc) is 2.30. The van der Waals surface area contributed by atoms with Gasteiger partial charge in [0.25, 0.3) is 0 Å². The fraction of sp³-hybridized carbons (Fsp3) is 0.0833. The minimum atomic E-state index is 0.864. The van der Waals surface area contributed by atoms with E-state index in [1.165, 1.54) is 5.56 Å². The summed E-state index contributed by atoms with van der Waals surface area (Å²) in [5.74, 6) is 5.36. The predicted octanol–water partition coefficient (Wildman–Crippen LogP) is 2.34. The van der Waals surface area contributed by atoms with Gasteiger partial charge >= 0.3 is 0 Å². The highest BCUT2D eigenvalue weighted by Gasteiger charge is 2.02. The lowest BCUT2D eigenvalue weighted by molar-refractivity contribution is 1.27. The van der Waals surface area contributed by atoms with E-state index in [4.69, 9.17) is 5.84 Å². The van der Waals surface area contributed by atoms with Gasteiger partial charge in [0.2, 0.25) is 0 Å². The zero-order valence-corrected chi connectivity index (χ0v) is 8.57. The molecule has 76 valence electrons. The molecular weight excluding hydrogens is 186 g/mol. The zero-order valence-electron chi connectivity index (χ0n) is 8.57. The normalized spacial score (nSPS) is 10.0. The number of aryl methyl sites for hydroxylation is 1. The van der Waals surface area contributed by atoms with Crippen LogP contribution in [0.25, 0.3) is 11.3 Å². The van der Waals surface area contributed by atoms with E-state index in [9.17, 15) is 0 Å². The minimum absolute atomic E-state index is 0.864. The van der Waals surface area contributed by atoms with Crippen LogP contribution < -0.4 is 11.3 Å². The van der Waals surface area contributed by atoms with E-state index in [0.717, 1.165) is 16.9 Å².